The molecule has 1 aliphatic rings. The third kappa shape index (κ3) is 6.03. The maximum absolute atomic E-state index is 13.0. The van der Waals surface area contributed by atoms with Gasteiger partial charge in [-0.2, -0.15) is 0 Å². The highest BCUT2D eigenvalue weighted by Crippen LogP contribution is 2.41. The van der Waals surface area contributed by atoms with Gasteiger partial charge in [0.15, 0.2) is 0 Å². The number of carbonyl (C=O) groups excluding carboxylic acids is 3. The molecule has 2 atom stereocenters. The molecule has 9 heteroatoms. The van der Waals surface area contributed by atoms with Crippen molar-refractivity contribution in [3.8, 4) is 10.6 Å². The number of aromatic nitrogens is 1. The van der Waals surface area contributed by atoms with Gasteiger partial charge in [-0.1, -0.05) is 18.2 Å². The molecule has 35 heavy (non-hydrogen) atoms. The van der Waals surface area contributed by atoms with Crippen LogP contribution in [0.3, 0.4) is 0 Å². The number of benzene rings is 1. The Morgan fingerprint density at radius 2 is 1.71 bits per heavy atom. The number of ether oxygens (including phenoxy) is 3. The van der Waals surface area contributed by atoms with Gasteiger partial charge in [-0.05, 0) is 46.2 Å². The number of rotatable bonds is 9. The van der Waals surface area contributed by atoms with Gasteiger partial charge in [0.1, 0.15) is 10.9 Å². The average molecular weight is 499 g/mol. The molecule has 2 heterocycles. The Kier molecular flexibility index (Phi) is 8.92. The van der Waals surface area contributed by atoms with E-state index in [-0.39, 0.29) is 25.6 Å². The van der Waals surface area contributed by atoms with Crippen LogP contribution >= 0.6 is 11.3 Å². The SMILES string of the molecule is CCOC(=O)Cc1csc(-c2cccc(C3C(C(=O)OCC)=C(C)N=C(C)C3C(=O)OCC)c2)n1. The molecule has 3 rings (SSSR count). The zero-order chi connectivity index (χ0) is 25.5. The van der Waals surface area contributed by atoms with Gasteiger partial charge in [-0.15, -0.1) is 11.3 Å². The fraction of sp³-hybridized carbons (Fsp3) is 0.423. The Balaban J connectivity index is 2.04. The van der Waals surface area contributed by atoms with Crippen molar-refractivity contribution in [3.05, 3.63) is 52.2 Å². The number of nitrogens with zero attached hydrogens (tertiary/aromatic N) is 2. The lowest BCUT2D eigenvalue weighted by Gasteiger charge is -2.31. The second kappa shape index (κ2) is 11.9. The standard InChI is InChI=1S/C26H30N2O6S/c1-6-32-20(29)13-19-14-35-24(28-19)18-11-9-10-17(12-18)23-21(25(30)33-7-2)15(4)27-16(5)22(23)26(31)34-8-3/h9-12,14,21,23H,6-8,13H2,1-5H3. The van der Waals surface area contributed by atoms with Crippen LogP contribution in [0, 0.1) is 5.92 Å². The molecular formula is C26H30N2O6S. The maximum Gasteiger partial charge on any atom is 0.336 e. The molecule has 0 N–H and O–H groups in total. The predicted molar refractivity (Wildman–Crippen MR) is 133 cm³/mol. The number of esters is 3. The minimum Gasteiger partial charge on any atom is -0.466 e. The Hall–Kier alpha value is -3.33. The number of thiazole rings is 1. The largest absolute Gasteiger partial charge is 0.466 e. The molecule has 1 aromatic carbocycles. The smallest absolute Gasteiger partial charge is 0.336 e. The summed E-state index contributed by atoms with van der Waals surface area (Å²) in [4.78, 5) is 46.9. The zero-order valence-corrected chi connectivity index (χ0v) is 21.4. The molecule has 0 aliphatic carbocycles. The molecule has 1 aliphatic heterocycles. The highest BCUT2D eigenvalue weighted by Gasteiger charge is 2.42. The Morgan fingerprint density at radius 3 is 2.40 bits per heavy atom. The number of allylic oxidation sites excluding steroid dienone is 1. The van der Waals surface area contributed by atoms with Crippen LogP contribution in [0.4, 0.5) is 0 Å². The van der Waals surface area contributed by atoms with E-state index in [0.29, 0.717) is 29.3 Å². The molecule has 0 radical (unpaired) electrons. The maximum atomic E-state index is 13.0. The Labute approximate surface area is 209 Å². The average Bonchev–Trinajstić information content (AvgIpc) is 3.27. The summed E-state index contributed by atoms with van der Waals surface area (Å²) in [5, 5.41) is 2.55. The van der Waals surface area contributed by atoms with Gasteiger partial charge in [0, 0.05) is 28.3 Å². The zero-order valence-electron chi connectivity index (χ0n) is 20.6. The van der Waals surface area contributed by atoms with Gasteiger partial charge in [0.2, 0.25) is 0 Å². The Morgan fingerprint density at radius 1 is 1.00 bits per heavy atom. The van der Waals surface area contributed by atoms with E-state index in [1.807, 2.05) is 29.6 Å². The second-order valence-electron chi connectivity index (χ2n) is 7.93. The summed E-state index contributed by atoms with van der Waals surface area (Å²) in [5.41, 5.74) is 3.63. The predicted octanol–water partition coefficient (Wildman–Crippen LogP) is 4.49. The van der Waals surface area contributed by atoms with Crippen LogP contribution in [-0.2, 0) is 35.0 Å². The minimum absolute atomic E-state index is 0.0994. The van der Waals surface area contributed by atoms with Crippen LogP contribution in [0.2, 0.25) is 0 Å². The first-order valence-electron chi connectivity index (χ1n) is 11.6. The number of hydrogen-bond donors (Lipinski definition) is 0. The monoisotopic (exact) mass is 498 g/mol. The Bertz CT molecular complexity index is 1170. The summed E-state index contributed by atoms with van der Waals surface area (Å²) in [6.45, 7) is 9.50. The van der Waals surface area contributed by atoms with E-state index in [1.54, 1.807) is 34.6 Å². The van der Waals surface area contributed by atoms with Crippen LogP contribution < -0.4 is 0 Å². The van der Waals surface area contributed by atoms with Crippen molar-refractivity contribution in [3.63, 3.8) is 0 Å². The molecule has 0 fully saturated rings. The van der Waals surface area contributed by atoms with E-state index in [2.05, 4.69) is 9.98 Å². The van der Waals surface area contributed by atoms with Crippen LogP contribution in [0.15, 0.2) is 45.9 Å². The third-order valence-electron chi connectivity index (χ3n) is 5.54. The molecule has 0 amide bonds. The molecule has 0 saturated heterocycles. The fourth-order valence-corrected chi connectivity index (χ4v) is 4.97. The van der Waals surface area contributed by atoms with Crippen molar-refractivity contribution >= 4 is 35.0 Å². The topological polar surface area (TPSA) is 104 Å². The summed E-state index contributed by atoms with van der Waals surface area (Å²) in [6.07, 6.45) is 0.0994. The molecule has 2 aromatic rings. The summed E-state index contributed by atoms with van der Waals surface area (Å²) >= 11 is 1.41. The third-order valence-corrected chi connectivity index (χ3v) is 6.48. The van der Waals surface area contributed by atoms with Crippen molar-refractivity contribution in [1.82, 2.24) is 4.98 Å². The highest BCUT2D eigenvalue weighted by atomic mass is 32.1. The number of hydrogen-bond acceptors (Lipinski definition) is 9. The molecule has 0 spiro atoms. The van der Waals surface area contributed by atoms with E-state index in [0.717, 1.165) is 16.1 Å². The summed E-state index contributed by atoms with van der Waals surface area (Å²) in [7, 11) is 0. The lowest BCUT2D eigenvalue weighted by Crippen LogP contribution is -2.36. The quantitative estimate of drug-likeness (QED) is 0.371. The van der Waals surface area contributed by atoms with E-state index >= 15 is 0 Å². The van der Waals surface area contributed by atoms with Crippen molar-refractivity contribution in [2.45, 2.75) is 47.0 Å². The van der Waals surface area contributed by atoms with Gasteiger partial charge in [0.25, 0.3) is 0 Å². The van der Waals surface area contributed by atoms with E-state index in [9.17, 15) is 14.4 Å². The number of aliphatic imine (C=N–C) groups is 1. The van der Waals surface area contributed by atoms with Crippen LogP contribution in [0.1, 0.15) is 51.8 Å². The molecular weight excluding hydrogens is 468 g/mol. The van der Waals surface area contributed by atoms with Crippen molar-refractivity contribution < 1.29 is 28.6 Å². The first-order valence-corrected chi connectivity index (χ1v) is 12.5. The van der Waals surface area contributed by atoms with Gasteiger partial charge >= 0.3 is 17.9 Å². The van der Waals surface area contributed by atoms with Crippen LogP contribution in [0.5, 0.6) is 0 Å². The van der Waals surface area contributed by atoms with Gasteiger partial charge in [0.05, 0.1) is 37.5 Å². The first-order chi connectivity index (χ1) is 16.8. The first kappa shape index (κ1) is 26.3. The van der Waals surface area contributed by atoms with E-state index in [1.165, 1.54) is 11.3 Å². The van der Waals surface area contributed by atoms with Crippen molar-refractivity contribution in [1.29, 1.82) is 0 Å². The highest BCUT2D eigenvalue weighted by molar-refractivity contribution is 7.13. The minimum atomic E-state index is -0.760. The lowest BCUT2D eigenvalue weighted by atomic mass is 9.75. The number of carbonyl (C=O) groups is 3. The molecule has 1 aromatic heterocycles. The van der Waals surface area contributed by atoms with E-state index < -0.39 is 23.8 Å². The fourth-order valence-electron chi connectivity index (χ4n) is 4.15. The van der Waals surface area contributed by atoms with Crippen LogP contribution in [0.25, 0.3) is 10.6 Å². The molecule has 0 saturated carbocycles. The molecule has 2 unspecified atom stereocenters. The molecule has 0 bridgehead atoms. The van der Waals surface area contributed by atoms with Crippen LogP contribution in [-0.4, -0.2) is 48.4 Å². The lowest BCUT2D eigenvalue weighted by molar-refractivity contribution is -0.146. The summed E-state index contributed by atoms with van der Waals surface area (Å²) in [6, 6.07) is 7.55. The summed E-state index contributed by atoms with van der Waals surface area (Å²) < 4.78 is 15.7. The molecule has 186 valence electrons. The van der Waals surface area contributed by atoms with Crippen molar-refractivity contribution in [2.24, 2.45) is 10.9 Å². The van der Waals surface area contributed by atoms with E-state index in [4.69, 9.17) is 14.2 Å². The summed E-state index contributed by atoms with van der Waals surface area (Å²) in [5.74, 6) is -2.65. The molecule has 8 nitrogen and oxygen atoms in total. The van der Waals surface area contributed by atoms with Crippen molar-refractivity contribution in [2.75, 3.05) is 19.8 Å². The second-order valence-corrected chi connectivity index (χ2v) is 8.79. The van der Waals surface area contributed by atoms with Gasteiger partial charge in [-0.25, -0.2) is 9.78 Å². The normalized spacial score (nSPS) is 17.6. The van der Waals surface area contributed by atoms with Gasteiger partial charge < -0.3 is 14.2 Å². The van der Waals surface area contributed by atoms with Gasteiger partial charge in [-0.3, -0.25) is 14.6 Å².